The minimum Gasteiger partial charge on any atom is -0.422 e. The Bertz CT molecular complexity index is 1400. The second-order valence-electron chi connectivity index (χ2n) is 6.62. The van der Waals surface area contributed by atoms with Crippen LogP contribution in [-0.2, 0) is 0 Å². The molecule has 6 nitrogen and oxygen atoms in total. The minimum absolute atomic E-state index is 0.0437. The summed E-state index contributed by atoms with van der Waals surface area (Å²) in [5.74, 6) is 0.179. The van der Waals surface area contributed by atoms with E-state index in [9.17, 15) is 9.59 Å². The molecule has 0 saturated heterocycles. The van der Waals surface area contributed by atoms with E-state index in [1.54, 1.807) is 36.4 Å². The zero-order chi connectivity index (χ0) is 19.8. The van der Waals surface area contributed by atoms with Gasteiger partial charge in [-0.2, -0.15) is 0 Å². The molecule has 140 valence electrons. The number of imidazole rings is 1. The van der Waals surface area contributed by atoms with Crippen molar-refractivity contribution in [1.29, 1.82) is 0 Å². The lowest BCUT2D eigenvalue weighted by Crippen LogP contribution is -2.20. The third-order valence-electron chi connectivity index (χ3n) is 4.67. The summed E-state index contributed by atoms with van der Waals surface area (Å²) in [7, 11) is 0. The number of carbonyl (C=O) groups is 1. The molecule has 5 aromatic rings. The first-order chi connectivity index (χ1) is 14.2. The number of nitrogens with one attached hydrogen (secondary N) is 2. The van der Waals surface area contributed by atoms with Gasteiger partial charge in [0.25, 0.3) is 5.91 Å². The summed E-state index contributed by atoms with van der Waals surface area (Å²) in [6.45, 7) is 0. The standard InChI is InChI=1S/C23H15N3O3/c27-22(17-13-14-6-1-4-11-20(14)29-23(17)28)24-16-8-5-7-15(12-16)21-25-18-9-2-3-10-19(18)26-21/h1-13H,(H,24,27)(H,25,26). The van der Waals surface area contributed by atoms with Crippen LogP contribution in [0.15, 0.2) is 88.1 Å². The molecule has 0 aliphatic rings. The number of aromatic nitrogens is 2. The minimum atomic E-state index is -0.672. The number of carbonyl (C=O) groups excluding carboxylic acids is 1. The Morgan fingerprint density at radius 3 is 2.66 bits per heavy atom. The van der Waals surface area contributed by atoms with Crippen molar-refractivity contribution in [3.8, 4) is 11.4 Å². The number of fused-ring (bicyclic) bond motifs is 2. The highest BCUT2D eigenvalue weighted by molar-refractivity contribution is 6.05. The average molecular weight is 381 g/mol. The van der Waals surface area contributed by atoms with Gasteiger partial charge in [0.05, 0.1) is 11.0 Å². The van der Waals surface area contributed by atoms with Crippen molar-refractivity contribution < 1.29 is 9.21 Å². The van der Waals surface area contributed by atoms with Gasteiger partial charge in [0.1, 0.15) is 17.0 Å². The van der Waals surface area contributed by atoms with Crippen molar-refractivity contribution in [3.63, 3.8) is 0 Å². The van der Waals surface area contributed by atoms with Crippen LogP contribution in [0.1, 0.15) is 10.4 Å². The van der Waals surface area contributed by atoms with Crippen LogP contribution in [0, 0.1) is 0 Å². The van der Waals surface area contributed by atoms with E-state index in [1.807, 2.05) is 42.5 Å². The van der Waals surface area contributed by atoms with Gasteiger partial charge in [-0.3, -0.25) is 4.79 Å². The van der Waals surface area contributed by atoms with Crippen LogP contribution in [0.25, 0.3) is 33.4 Å². The predicted molar refractivity (Wildman–Crippen MR) is 112 cm³/mol. The molecule has 0 aliphatic carbocycles. The molecule has 0 fully saturated rings. The highest BCUT2D eigenvalue weighted by Crippen LogP contribution is 2.23. The fourth-order valence-corrected chi connectivity index (χ4v) is 3.25. The molecule has 2 heterocycles. The average Bonchev–Trinajstić information content (AvgIpc) is 3.18. The zero-order valence-electron chi connectivity index (χ0n) is 15.2. The molecule has 0 radical (unpaired) electrons. The highest BCUT2D eigenvalue weighted by atomic mass is 16.4. The lowest BCUT2D eigenvalue weighted by Gasteiger charge is -2.06. The molecule has 29 heavy (non-hydrogen) atoms. The van der Waals surface area contributed by atoms with Gasteiger partial charge in [0.2, 0.25) is 0 Å². The Morgan fingerprint density at radius 2 is 1.76 bits per heavy atom. The molecule has 0 aliphatic heterocycles. The molecule has 0 spiro atoms. The maximum absolute atomic E-state index is 12.7. The van der Waals surface area contributed by atoms with E-state index in [1.165, 1.54) is 0 Å². The molecular weight excluding hydrogens is 366 g/mol. The summed E-state index contributed by atoms with van der Waals surface area (Å²) in [5.41, 5.74) is 2.91. The van der Waals surface area contributed by atoms with Crippen molar-refractivity contribution in [2.75, 3.05) is 5.32 Å². The van der Waals surface area contributed by atoms with Crippen molar-refractivity contribution >= 4 is 33.6 Å². The molecule has 0 bridgehead atoms. The second-order valence-corrected chi connectivity index (χ2v) is 6.62. The van der Waals surface area contributed by atoms with Crippen LogP contribution < -0.4 is 10.9 Å². The van der Waals surface area contributed by atoms with Crippen LogP contribution in [-0.4, -0.2) is 15.9 Å². The van der Waals surface area contributed by atoms with Crippen LogP contribution in [0.4, 0.5) is 5.69 Å². The lowest BCUT2D eigenvalue weighted by atomic mass is 10.1. The van der Waals surface area contributed by atoms with Crippen LogP contribution >= 0.6 is 0 Å². The monoisotopic (exact) mass is 381 g/mol. The SMILES string of the molecule is O=C(Nc1cccc(-c2nc3ccccc3[nH]2)c1)c1cc2ccccc2oc1=O. The number of aromatic amines is 1. The molecule has 0 unspecified atom stereocenters. The lowest BCUT2D eigenvalue weighted by molar-refractivity contribution is 0.102. The molecule has 6 heteroatoms. The van der Waals surface area contributed by atoms with Crippen LogP contribution in [0.2, 0.25) is 0 Å². The van der Waals surface area contributed by atoms with E-state index < -0.39 is 11.5 Å². The largest absolute Gasteiger partial charge is 0.422 e. The molecule has 3 aromatic carbocycles. The Balaban J connectivity index is 1.46. The Labute approximate surface area is 164 Å². The summed E-state index contributed by atoms with van der Waals surface area (Å²) in [5, 5.41) is 3.46. The number of amides is 1. The van der Waals surface area contributed by atoms with Crippen LogP contribution in [0.5, 0.6) is 0 Å². The topological polar surface area (TPSA) is 88.0 Å². The number of benzene rings is 3. The molecular formula is C23H15N3O3. The smallest absolute Gasteiger partial charge is 0.349 e. The highest BCUT2D eigenvalue weighted by Gasteiger charge is 2.14. The van der Waals surface area contributed by atoms with Gasteiger partial charge in [0.15, 0.2) is 0 Å². The van der Waals surface area contributed by atoms with Crippen molar-refractivity contribution in [1.82, 2.24) is 9.97 Å². The molecule has 2 N–H and O–H groups in total. The summed E-state index contributed by atoms with van der Waals surface area (Å²) in [4.78, 5) is 32.7. The van der Waals surface area contributed by atoms with E-state index >= 15 is 0 Å². The van der Waals surface area contributed by atoms with E-state index in [4.69, 9.17) is 4.42 Å². The molecule has 1 amide bonds. The van der Waals surface area contributed by atoms with Gasteiger partial charge in [-0.1, -0.05) is 42.5 Å². The molecule has 0 saturated carbocycles. The Kier molecular flexibility index (Phi) is 3.95. The summed E-state index contributed by atoms with van der Waals surface area (Å²) >= 11 is 0. The molecule has 0 atom stereocenters. The fraction of sp³-hybridized carbons (Fsp3) is 0. The van der Waals surface area contributed by atoms with Crippen molar-refractivity contribution in [2.45, 2.75) is 0 Å². The second kappa shape index (κ2) is 6.76. The van der Waals surface area contributed by atoms with Gasteiger partial charge < -0.3 is 14.7 Å². The van der Waals surface area contributed by atoms with E-state index in [0.29, 0.717) is 22.5 Å². The number of nitrogens with zero attached hydrogens (tertiary/aromatic N) is 1. The Hall–Kier alpha value is -4.19. The summed E-state index contributed by atoms with van der Waals surface area (Å²) in [6, 6.07) is 23.6. The van der Waals surface area contributed by atoms with E-state index in [2.05, 4.69) is 15.3 Å². The van der Waals surface area contributed by atoms with Crippen molar-refractivity contribution in [3.05, 3.63) is 94.8 Å². The fourth-order valence-electron chi connectivity index (χ4n) is 3.25. The normalized spacial score (nSPS) is 11.0. The number of anilines is 1. The summed E-state index contributed by atoms with van der Waals surface area (Å²) < 4.78 is 5.25. The first-order valence-corrected chi connectivity index (χ1v) is 9.07. The molecule has 5 rings (SSSR count). The van der Waals surface area contributed by atoms with E-state index in [-0.39, 0.29) is 5.56 Å². The zero-order valence-corrected chi connectivity index (χ0v) is 15.2. The van der Waals surface area contributed by atoms with Gasteiger partial charge in [-0.25, -0.2) is 9.78 Å². The van der Waals surface area contributed by atoms with Crippen molar-refractivity contribution in [2.24, 2.45) is 0 Å². The third-order valence-corrected chi connectivity index (χ3v) is 4.67. The summed E-state index contributed by atoms with van der Waals surface area (Å²) in [6.07, 6.45) is 0. The maximum atomic E-state index is 12.7. The number of hydrogen-bond acceptors (Lipinski definition) is 4. The van der Waals surface area contributed by atoms with Gasteiger partial charge in [0, 0.05) is 16.6 Å². The first-order valence-electron chi connectivity index (χ1n) is 9.07. The number of rotatable bonds is 3. The van der Waals surface area contributed by atoms with E-state index in [0.717, 1.165) is 16.6 Å². The predicted octanol–water partition coefficient (Wildman–Crippen LogP) is 4.59. The van der Waals surface area contributed by atoms with Gasteiger partial charge >= 0.3 is 5.63 Å². The number of H-pyrrole nitrogens is 1. The van der Waals surface area contributed by atoms with Gasteiger partial charge in [-0.05, 0) is 36.4 Å². The quantitative estimate of drug-likeness (QED) is 0.448. The Morgan fingerprint density at radius 1 is 0.931 bits per heavy atom. The third kappa shape index (κ3) is 3.17. The number of para-hydroxylation sites is 3. The molecule has 2 aromatic heterocycles. The maximum Gasteiger partial charge on any atom is 0.349 e. The first kappa shape index (κ1) is 16.9. The van der Waals surface area contributed by atoms with Crippen LogP contribution in [0.3, 0.4) is 0 Å². The van der Waals surface area contributed by atoms with Gasteiger partial charge in [-0.15, -0.1) is 0 Å². The number of hydrogen-bond donors (Lipinski definition) is 2.